The van der Waals surface area contributed by atoms with E-state index in [4.69, 9.17) is 0 Å². The quantitative estimate of drug-likeness (QED) is 0.855. The van der Waals surface area contributed by atoms with Gasteiger partial charge < -0.3 is 10.6 Å². The van der Waals surface area contributed by atoms with Crippen molar-refractivity contribution in [1.82, 2.24) is 10.6 Å². The Balaban J connectivity index is 1.95. The molecule has 0 saturated carbocycles. The molecule has 0 aliphatic carbocycles. The van der Waals surface area contributed by atoms with Crippen molar-refractivity contribution in [2.45, 2.75) is 32.7 Å². The van der Waals surface area contributed by atoms with Crippen molar-refractivity contribution in [2.75, 3.05) is 13.1 Å². The number of nitrogens with one attached hydrogen (secondary N) is 2. The molecule has 1 saturated heterocycles. The summed E-state index contributed by atoms with van der Waals surface area (Å²) < 4.78 is 0. The average molecular weight is 246 g/mol. The van der Waals surface area contributed by atoms with Gasteiger partial charge in [0, 0.05) is 13.1 Å². The zero-order chi connectivity index (χ0) is 13.1. The number of carbonyl (C=O) groups is 1. The van der Waals surface area contributed by atoms with Crippen LogP contribution in [0.5, 0.6) is 0 Å². The zero-order valence-electron chi connectivity index (χ0n) is 11.4. The number of amides is 1. The predicted molar refractivity (Wildman–Crippen MR) is 73.4 cm³/mol. The highest BCUT2D eigenvalue weighted by Crippen LogP contribution is 2.19. The second kappa shape index (κ2) is 5.53. The summed E-state index contributed by atoms with van der Waals surface area (Å²) in [5.41, 5.74) is 2.50. The molecule has 1 unspecified atom stereocenters. The van der Waals surface area contributed by atoms with Gasteiger partial charge in [0.05, 0.1) is 12.0 Å². The lowest BCUT2D eigenvalue weighted by Crippen LogP contribution is -2.51. The topological polar surface area (TPSA) is 41.1 Å². The molecule has 1 aromatic rings. The molecule has 0 aromatic heterocycles. The first-order valence-corrected chi connectivity index (χ1v) is 6.69. The molecule has 1 aliphatic rings. The fourth-order valence-electron chi connectivity index (χ4n) is 2.06. The van der Waals surface area contributed by atoms with Crippen LogP contribution in [0.3, 0.4) is 0 Å². The van der Waals surface area contributed by atoms with Gasteiger partial charge in [-0.25, -0.2) is 0 Å². The minimum absolute atomic E-state index is 0.0827. The molecule has 1 amide bonds. The van der Waals surface area contributed by atoms with Crippen LogP contribution in [0.2, 0.25) is 0 Å². The van der Waals surface area contributed by atoms with E-state index in [0.717, 1.165) is 13.1 Å². The lowest BCUT2D eigenvalue weighted by molar-refractivity contribution is -0.127. The van der Waals surface area contributed by atoms with Crippen molar-refractivity contribution < 1.29 is 4.79 Å². The summed E-state index contributed by atoms with van der Waals surface area (Å²) in [5, 5.41) is 6.18. The van der Waals surface area contributed by atoms with Crippen LogP contribution in [-0.2, 0) is 4.79 Å². The van der Waals surface area contributed by atoms with Gasteiger partial charge in [-0.05, 0) is 24.0 Å². The summed E-state index contributed by atoms with van der Waals surface area (Å²) >= 11 is 0. The van der Waals surface area contributed by atoms with Gasteiger partial charge in [-0.3, -0.25) is 4.79 Å². The van der Waals surface area contributed by atoms with Crippen LogP contribution in [0.15, 0.2) is 24.3 Å². The molecule has 2 rings (SSSR count). The van der Waals surface area contributed by atoms with Crippen LogP contribution in [0.25, 0.3) is 0 Å². The van der Waals surface area contributed by atoms with E-state index in [-0.39, 0.29) is 17.9 Å². The Morgan fingerprint density at radius 1 is 1.17 bits per heavy atom. The summed E-state index contributed by atoms with van der Waals surface area (Å²) in [6.45, 7) is 8.03. The van der Waals surface area contributed by atoms with Crippen molar-refractivity contribution >= 4 is 5.91 Å². The first kappa shape index (κ1) is 13.1. The maximum atomic E-state index is 11.8. The zero-order valence-corrected chi connectivity index (χ0v) is 11.4. The van der Waals surface area contributed by atoms with Crippen LogP contribution >= 0.6 is 0 Å². The van der Waals surface area contributed by atoms with Crippen molar-refractivity contribution in [1.29, 1.82) is 0 Å². The first-order chi connectivity index (χ1) is 8.58. The first-order valence-electron chi connectivity index (χ1n) is 6.69. The third-order valence-corrected chi connectivity index (χ3v) is 3.61. The Hall–Kier alpha value is -1.35. The van der Waals surface area contributed by atoms with Crippen molar-refractivity contribution in [3.63, 3.8) is 0 Å². The van der Waals surface area contributed by atoms with Crippen LogP contribution in [0.4, 0.5) is 0 Å². The van der Waals surface area contributed by atoms with Gasteiger partial charge in [-0.2, -0.15) is 0 Å². The van der Waals surface area contributed by atoms with E-state index in [1.54, 1.807) is 0 Å². The lowest BCUT2D eigenvalue weighted by atomic mass is 9.98. The Kier molecular flexibility index (Phi) is 4.02. The van der Waals surface area contributed by atoms with Crippen LogP contribution in [0.1, 0.15) is 43.9 Å². The maximum absolute atomic E-state index is 11.8. The molecule has 1 heterocycles. The van der Waals surface area contributed by atoms with Crippen LogP contribution in [0, 0.1) is 5.92 Å². The molecule has 3 heteroatoms. The molecular weight excluding hydrogens is 224 g/mol. The van der Waals surface area contributed by atoms with E-state index in [9.17, 15) is 4.79 Å². The molecule has 0 bridgehead atoms. The van der Waals surface area contributed by atoms with Crippen molar-refractivity contribution in [3.8, 4) is 0 Å². The molecule has 0 radical (unpaired) electrons. The smallest absolute Gasteiger partial charge is 0.226 e. The van der Waals surface area contributed by atoms with Gasteiger partial charge in [0.2, 0.25) is 5.91 Å². The Labute approximate surface area is 109 Å². The predicted octanol–water partition coefficient (Wildman–Crippen LogP) is 2.21. The Morgan fingerprint density at radius 3 is 2.17 bits per heavy atom. The standard InChI is InChI=1S/C15H22N2O/c1-10(2)12-4-6-13(7-5-12)11(3)17-15(18)14-8-16-9-14/h4-7,10-11,14,16H,8-9H2,1-3H3,(H,17,18). The molecule has 1 atom stereocenters. The average Bonchev–Trinajstić information content (AvgIpc) is 2.26. The largest absolute Gasteiger partial charge is 0.349 e. The number of carbonyl (C=O) groups excluding carboxylic acids is 1. The minimum atomic E-state index is 0.0827. The summed E-state index contributed by atoms with van der Waals surface area (Å²) in [7, 11) is 0. The van der Waals surface area contributed by atoms with E-state index in [1.165, 1.54) is 11.1 Å². The molecule has 1 aliphatic heterocycles. The summed E-state index contributed by atoms with van der Waals surface area (Å²) in [5.74, 6) is 0.863. The second-order valence-corrected chi connectivity index (χ2v) is 5.41. The third-order valence-electron chi connectivity index (χ3n) is 3.61. The minimum Gasteiger partial charge on any atom is -0.349 e. The van der Waals surface area contributed by atoms with E-state index < -0.39 is 0 Å². The van der Waals surface area contributed by atoms with Crippen LogP contribution < -0.4 is 10.6 Å². The van der Waals surface area contributed by atoms with Gasteiger partial charge in [-0.1, -0.05) is 38.1 Å². The molecule has 1 fully saturated rings. The highest BCUT2D eigenvalue weighted by atomic mass is 16.2. The maximum Gasteiger partial charge on any atom is 0.226 e. The normalized spacial score (nSPS) is 17.3. The molecule has 0 spiro atoms. The fourth-order valence-corrected chi connectivity index (χ4v) is 2.06. The lowest BCUT2D eigenvalue weighted by Gasteiger charge is -2.27. The highest BCUT2D eigenvalue weighted by Gasteiger charge is 2.25. The van der Waals surface area contributed by atoms with E-state index in [2.05, 4.69) is 48.7 Å². The number of rotatable bonds is 4. The molecule has 1 aromatic carbocycles. The van der Waals surface area contributed by atoms with Gasteiger partial charge in [0.25, 0.3) is 0 Å². The van der Waals surface area contributed by atoms with Gasteiger partial charge in [-0.15, -0.1) is 0 Å². The number of benzene rings is 1. The van der Waals surface area contributed by atoms with E-state index >= 15 is 0 Å². The third kappa shape index (κ3) is 2.91. The SMILES string of the molecule is CC(C)c1ccc(C(C)NC(=O)C2CNC2)cc1. The fraction of sp³-hybridized carbons (Fsp3) is 0.533. The van der Waals surface area contributed by atoms with E-state index in [1.807, 2.05) is 6.92 Å². The molecule has 18 heavy (non-hydrogen) atoms. The molecule has 2 N–H and O–H groups in total. The highest BCUT2D eigenvalue weighted by molar-refractivity contribution is 5.80. The molecular formula is C15H22N2O. The number of hydrogen-bond acceptors (Lipinski definition) is 2. The summed E-state index contributed by atoms with van der Waals surface area (Å²) in [6, 6.07) is 8.60. The summed E-state index contributed by atoms with van der Waals surface area (Å²) in [6.07, 6.45) is 0. The van der Waals surface area contributed by atoms with E-state index in [0.29, 0.717) is 5.92 Å². The Morgan fingerprint density at radius 2 is 1.72 bits per heavy atom. The molecule has 98 valence electrons. The second-order valence-electron chi connectivity index (χ2n) is 5.41. The van der Waals surface area contributed by atoms with Gasteiger partial charge in [0.1, 0.15) is 0 Å². The summed E-state index contributed by atoms with van der Waals surface area (Å²) in [4.78, 5) is 11.8. The van der Waals surface area contributed by atoms with Gasteiger partial charge in [0.15, 0.2) is 0 Å². The van der Waals surface area contributed by atoms with Crippen molar-refractivity contribution in [2.24, 2.45) is 5.92 Å². The Bertz CT molecular complexity index is 407. The molecule has 3 nitrogen and oxygen atoms in total. The van der Waals surface area contributed by atoms with Crippen molar-refractivity contribution in [3.05, 3.63) is 35.4 Å². The van der Waals surface area contributed by atoms with Gasteiger partial charge >= 0.3 is 0 Å². The number of hydrogen-bond donors (Lipinski definition) is 2. The monoisotopic (exact) mass is 246 g/mol. The van der Waals surface area contributed by atoms with Crippen LogP contribution in [-0.4, -0.2) is 19.0 Å².